The van der Waals surface area contributed by atoms with Crippen molar-refractivity contribution in [1.29, 1.82) is 0 Å². The lowest BCUT2D eigenvalue weighted by atomic mass is 10.2. The van der Waals surface area contributed by atoms with Gasteiger partial charge in [0.2, 0.25) is 5.03 Å². The van der Waals surface area contributed by atoms with Gasteiger partial charge >= 0.3 is 0 Å². The summed E-state index contributed by atoms with van der Waals surface area (Å²) in [5.74, 6) is 5.52. The molecule has 2 aromatic rings. The molecule has 1 aliphatic carbocycles. The molecule has 1 aliphatic rings. The Labute approximate surface area is 114 Å². The van der Waals surface area contributed by atoms with Crippen molar-refractivity contribution in [2.45, 2.75) is 24.8 Å². The molecular formula is C10H15N5O2S2. The number of rotatable bonds is 5. The maximum absolute atomic E-state index is 12.4. The third-order valence-electron chi connectivity index (χ3n) is 3.40. The third-order valence-corrected chi connectivity index (χ3v) is 5.58. The third kappa shape index (κ3) is 2.22. The van der Waals surface area contributed by atoms with Crippen LogP contribution in [-0.2, 0) is 10.0 Å². The van der Waals surface area contributed by atoms with Crippen molar-refractivity contribution >= 4 is 32.1 Å². The number of hydrogen-bond donors (Lipinski definition) is 3. The fourth-order valence-electron chi connectivity index (χ4n) is 1.84. The quantitative estimate of drug-likeness (QED) is 0.559. The van der Waals surface area contributed by atoms with Crippen molar-refractivity contribution in [3.05, 3.63) is 11.6 Å². The van der Waals surface area contributed by atoms with Gasteiger partial charge in [0.15, 0.2) is 10.8 Å². The molecule has 0 bridgehead atoms. The zero-order valence-electron chi connectivity index (χ0n) is 10.4. The predicted octanol–water partition coefficient (Wildman–Crippen LogP) is 0.760. The second-order valence-corrected chi connectivity index (χ2v) is 7.66. The molecule has 2 aromatic heterocycles. The van der Waals surface area contributed by atoms with E-state index >= 15 is 0 Å². The number of aromatic nitrogens is 2. The summed E-state index contributed by atoms with van der Waals surface area (Å²) in [5, 5.41) is 1.85. The summed E-state index contributed by atoms with van der Waals surface area (Å²) in [6.07, 6.45) is 3.77. The van der Waals surface area contributed by atoms with Gasteiger partial charge in [-0.25, -0.2) is 19.0 Å². The molecule has 0 spiro atoms. The number of nitrogens with one attached hydrogen (secondary N) is 2. The maximum atomic E-state index is 12.4. The van der Waals surface area contributed by atoms with Gasteiger partial charge in [0.25, 0.3) is 10.0 Å². The number of imidazole rings is 1. The SMILES string of the molecule is CC1(CNS(=O)(=O)c2c(NN)nc3sccn23)CC1. The highest BCUT2D eigenvalue weighted by Gasteiger charge is 2.39. The number of hydrogen-bond acceptors (Lipinski definition) is 6. The lowest BCUT2D eigenvalue weighted by Crippen LogP contribution is -2.30. The molecule has 0 saturated heterocycles. The Hall–Kier alpha value is -1.16. The molecule has 0 aliphatic heterocycles. The molecule has 0 amide bonds. The summed E-state index contributed by atoms with van der Waals surface area (Å²) in [4.78, 5) is 4.73. The first-order valence-corrected chi connectivity index (χ1v) is 8.23. The molecule has 19 heavy (non-hydrogen) atoms. The lowest BCUT2D eigenvalue weighted by molar-refractivity contribution is 0.528. The molecule has 104 valence electrons. The molecule has 0 atom stereocenters. The predicted molar refractivity (Wildman–Crippen MR) is 73.4 cm³/mol. The highest BCUT2D eigenvalue weighted by atomic mass is 32.2. The van der Waals surface area contributed by atoms with Crippen LogP contribution in [0.5, 0.6) is 0 Å². The van der Waals surface area contributed by atoms with E-state index in [9.17, 15) is 8.42 Å². The second-order valence-electron chi connectivity index (χ2n) is 5.10. The smallest absolute Gasteiger partial charge is 0.260 e. The Kier molecular flexibility index (Phi) is 2.82. The van der Waals surface area contributed by atoms with E-state index < -0.39 is 10.0 Å². The maximum Gasteiger partial charge on any atom is 0.260 e. The zero-order valence-corrected chi connectivity index (χ0v) is 12.0. The van der Waals surface area contributed by atoms with E-state index in [0.29, 0.717) is 11.5 Å². The molecule has 4 N–H and O–H groups in total. The molecule has 0 aromatic carbocycles. The van der Waals surface area contributed by atoms with Crippen LogP contribution in [0.2, 0.25) is 0 Å². The summed E-state index contributed by atoms with van der Waals surface area (Å²) in [6.45, 7) is 2.50. The molecular weight excluding hydrogens is 286 g/mol. The van der Waals surface area contributed by atoms with Gasteiger partial charge in [0, 0.05) is 18.1 Å². The minimum atomic E-state index is -3.63. The monoisotopic (exact) mass is 301 g/mol. The van der Waals surface area contributed by atoms with Crippen LogP contribution >= 0.6 is 11.3 Å². The van der Waals surface area contributed by atoms with Crippen molar-refractivity contribution in [2.75, 3.05) is 12.0 Å². The minimum Gasteiger partial charge on any atom is -0.306 e. The van der Waals surface area contributed by atoms with Gasteiger partial charge in [-0.1, -0.05) is 6.92 Å². The number of anilines is 1. The fraction of sp³-hybridized carbons (Fsp3) is 0.500. The van der Waals surface area contributed by atoms with Gasteiger partial charge in [-0.3, -0.25) is 4.40 Å². The summed E-state index contributed by atoms with van der Waals surface area (Å²) >= 11 is 1.35. The van der Waals surface area contributed by atoms with E-state index in [0.717, 1.165) is 12.8 Å². The molecule has 0 unspecified atom stereocenters. The first kappa shape index (κ1) is 12.9. The van der Waals surface area contributed by atoms with Crippen molar-refractivity contribution in [2.24, 2.45) is 11.3 Å². The van der Waals surface area contributed by atoms with Crippen LogP contribution in [0.25, 0.3) is 4.96 Å². The second kappa shape index (κ2) is 4.17. The molecule has 1 fully saturated rings. The van der Waals surface area contributed by atoms with Gasteiger partial charge in [-0.05, 0) is 18.3 Å². The number of hydrazine groups is 1. The highest BCUT2D eigenvalue weighted by Crippen LogP contribution is 2.44. The van der Waals surface area contributed by atoms with E-state index in [1.165, 1.54) is 15.7 Å². The lowest BCUT2D eigenvalue weighted by Gasteiger charge is -2.11. The van der Waals surface area contributed by atoms with E-state index in [1.54, 1.807) is 11.6 Å². The summed E-state index contributed by atoms with van der Waals surface area (Å²) in [6, 6.07) is 0. The van der Waals surface area contributed by atoms with Crippen molar-refractivity contribution in [3.63, 3.8) is 0 Å². The standard InChI is InChI=1S/C10H15N5O2S2/c1-10(2-3-10)6-12-19(16,17)8-7(14-11)13-9-15(8)4-5-18-9/h4-5,12,14H,2-3,6,11H2,1H3. The van der Waals surface area contributed by atoms with Crippen molar-refractivity contribution in [1.82, 2.24) is 14.1 Å². The molecule has 1 saturated carbocycles. The molecule has 3 rings (SSSR count). The first-order valence-electron chi connectivity index (χ1n) is 5.87. The molecule has 7 nitrogen and oxygen atoms in total. The van der Waals surface area contributed by atoms with E-state index in [4.69, 9.17) is 5.84 Å². The number of nitrogens with zero attached hydrogens (tertiary/aromatic N) is 2. The highest BCUT2D eigenvalue weighted by molar-refractivity contribution is 7.89. The average Bonchev–Trinajstić information content (AvgIpc) is 2.79. The number of fused-ring (bicyclic) bond motifs is 1. The average molecular weight is 301 g/mol. The Balaban J connectivity index is 1.98. The number of thiazole rings is 1. The van der Waals surface area contributed by atoms with Gasteiger partial charge < -0.3 is 5.43 Å². The normalized spacial score (nSPS) is 17.8. The molecule has 2 heterocycles. The topological polar surface area (TPSA) is 102 Å². The van der Waals surface area contributed by atoms with Crippen LogP contribution in [0.1, 0.15) is 19.8 Å². The van der Waals surface area contributed by atoms with Crippen LogP contribution < -0.4 is 16.0 Å². The number of nitrogen functional groups attached to an aromatic ring is 1. The Morgan fingerprint density at radius 3 is 2.95 bits per heavy atom. The van der Waals surface area contributed by atoms with Crippen molar-refractivity contribution < 1.29 is 8.42 Å². The molecule has 0 radical (unpaired) electrons. The Morgan fingerprint density at radius 2 is 2.32 bits per heavy atom. The van der Waals surface area contributed by atoms with Gasteiger partial charge in [-0.15, -0.1) is 11.3 Å². The Morgan fingerprint density at radius 1 is 1.58 bits per heavy atom. The first-order chi connectivity index (χ1) is 8.95. The van der Waals surface area contributed by atoms with Gasteiger partial charge in [0.1, 0.15) is 0 Å². The summed E-state index contributed by atoms with van der Waals surface area (Å²) in [5.41, 5.74) is 2.44. The van der Waals surface area contributed by atoms with E-state index in [-0.39, 0.29) is 16.3 Å². The number of sulfonamides is 1. The van der Waals surface area contributed by atoms with Crippen molar-refractivity contribution in [3.8, 4) is 0 Å². The molecule has 9 heteroatoms. The van der Waals surface area contributed by atoms with Crippen LogP contribution in [0.4, 0.5) is 5.82 Å². The minimum absolute atomic E-state index is 0.0653. The summed E-state index contributed by atoms with van der Waals surface area (Å²) < 4.78 is 29.0. The zero-order chi connectivity index (χ0) is 13.7. The van der Waals surface area contributed by atoms with Gasteiger partial charge in [0.05, 0.1) is 0 Å². The van der Waals surface area contributed by atoms with Crippen LogP contribution in [0, 0.1) is 5.41 Å². The van der Waals surface area contributed by atoms with Gasteiger partial charge in [-0.2, -0.15) is 4.98 Å². The van der Waals surface area contributed by atoms with E-state index in [1.807, 2.05) is 0 Å². The fourth-order valence-corrected chi connectivity index (χ4v) is 4.06. The van der Waals surface area contributed by atoms with Crippen LogP contribution in [0.15, 0.2) is 16.6 Å². The largest absolute Gasteiger partial charge is 0.306 e. The van der Waals surface area contributed by atoms with E-state index in [2.05, 4.69) is 22.1 Å². The summed E-state index contributed by atoms with van der Waals surface area (Å²) in [7, 11) is -3.63. The van der Waals surface area contributed by atoms with Crippen LogP contribution in [-0.4, -0.2) is 24.3 Å². The Bertz CT molecular complexity index is 713. The number of nitrogens with two attached hydrogens (primary N) is 1. The van der Waals surface area contributed by atoms with Crippen LogP contribution in [0.3, 0.4) is 0 Å².